The van der Waals surface area contributed by atoms with E-state index in [9.17, 15) is 5.11 Å². The van der Waals surface area contributed by atoms with Crippen molar-refractivity contribution >= 4 is 0 Å². The van der Waals surface area contributed by atoms with Gasteiger partial charge in [0.15, 0.2) is 0 Å². The van der Waals surface area contributed by atoms with E-state index < -0.39 is 0 Å². The third-order valence-corrected chi connectivity index (χ3v) is 6.04. The highest BCUT2D eigenvalue weighted by molar-refractivity contribution is 5.65. The first-order valence-corrected chi connectivity index (χ1v) is 10.1. The second-order valence-corrected chi connectivity index (χ2v) is 7.85. The van der Waals surface area contributed by atoms with Crippen molar-refractivity contribution < 1.29 is 5.11 Å². The molecule has 0 amide bonds. The third-order valence-electron chi connectivity index (χ3n) is 6.04. The number of benzene rings is 2. The van der Waals surface area contributed by atoms with Gasteiger partial charge in [-0.05, 0) is 41.7 Å². The van der Waals surface area contributed by atoms with Crippen LogP contribution in [0.25, 0.3) is 11.1 Å². The Morgan fingerprint density at radius 3 is 2.23 bits per heavy atom. The molecule has 2 fully saturated rings. The number of hydrogen-bond acceptors (Lipinski definition) is 3. The molecule has 0 radical (unpaired) electrons. The van der Waals surface area contributed by atoms with E-state index in [1.165, 1.54) is 63.8 Å². The minimum absolute atomic E-state index is 0.322. The zero-order valence-electron chi connectivity index (χ0n) is 15.6. The van der Waals surface area contributed by atoms with E-state index in [-0.39, 0.29) is 0 Å². The zero-order valence-corrected chi connectivity index (χ0v) is 15.6. The van der Waals surface area contributed by atoms with Gasteiger partial charge in [-0.3, -0.25) is 9.80 Å². The molecule has 3 heteroatoms. The average molecular weight is 351 g/mol. The molecule has 4 rings (SSSR count). The van der Waals surface area contributed by atoms with Gasteiger partial charge in [-0.2, -0.15) is 0 Å². The van der Waals surface area contributed by atoms with Crippen LogP contribution in [0.2, 0.25) is 0 Å². The summed E-state index contributed by atoms with van der Waals surface area (Å²) in [5.74, 6) is 0.322. The maximum absolute atomic E-state index is 9.65. The lowest BCUT2D eigenvalue weighted by Crippen LogP contribution is -2.50. The lowest BCUT2D eigenvalue weighted by atomic mass is 9.94. The second kappa shape index (κ2) is 8.24. The molecule has 0 spiro atoms. The number of rotatable bonds is 4. The highest BCUT2D eigenvalue weighted by atomic mass is 16.3. The molecule has 0 aromatic heterocycles. The van der Waals surface area contributed by atoms with E-state index >= 15 is 0 Å². The van der Waals surface area contributed by atoms with Crippen LogP contribution in [-0.2, 0) is 6.54 Å². The Kier molecular flexibility index (Phi) is 5.57. The Labute approximate surface area is 157 Å². The summed E-state index contributed by atoms with van der Waals surface area (Å²) < 4.78 is 0. The van der Waals surface area contributed by atoms with Gasteiger partial charge in [-0.15, -0.1) is 0 Å². The summed E-state index contributed by atoms with van der Waals surface area (Å²) in [5.41, 5.74) is 3.60. The Balaban J connectivity index is 1.31. The molecule has 1 saturated carbocycles. The minimum atomic E-state index is 0.322. The fourth-order valence-corrected chi connectivity index (χ4v) is 4.48. The maximum atomic E-state index is 9.65. The summed E-state index contributed by atoms with van der Waals surface area (Å²) in [6.07, 6.45) is 7.12. The van der Waals surface area contributed by atoms with Crippen LogP contribution < -0.4 is 0 Å². The van der Waals surface area contributed by atoms with E-state index in [1.807, 2.05) is 18.2 Å². The number of phenols is 1. The van der Waals surface area contributed by atoms with Crippen molar-refractivity contribution in [3.63, 3.8) is 0 Å². The first-order valence-electron chi connectivity index (χ1n) is 10.1. The summed E-state index contributed by atoms with van der Waals surface area (Å²) in [7, 11) is 0. The number of piperazine rings is 1. The molecule has 1 N–H and O–H groups in total. The number of aromatic hydroxyl groups is 1. The van der Waals surface area contributed by atoms with Gasteiger partial charge in [-0.25, -0.2) is 0 Å². The smallest absolute Gasteiger partial charge is 0.116 e. The molecule has 3 nitrogen and oxygen atoms in total. The van der Waals surface area contributed by atoms with Gasteiger partial charge < -0.3 is 5.11 Å². The van der Waals surface area contributed by atoms with Crippen molar-refractivity contribution in [2.45, 2.75) is 44.7 Å². The molecule has 2 aromatic carbocycles. The lowest BCUT2D eigenvalue weighted by molar-refractivity contribution is 0.0755. The monoisotopic (exact) mass is 350 g/mol. The molecule has 1 heterocycles. The molecule has 0 atom stereocenters. The Morgan fingerprint density at radius 2 is 1.54 bits per heavy atom. The SMILES string of the molecule is Oc1cccc(-c2ccc(CN3CCN(C4CCCCC4)CC3)cc2)c1. The van der Waals surface area contributed by atoms with Crippen LogP contribution in [0.1, 0.15) is 37.7 Å². The van der Waals surface area contributed by atoms with Crippen LogP contribution in [0, 0.1) is 0 Å². The van der Waals surface area contributed by atoms with Crippen molar-refractivity contribution in [1.82, 2.24) is 9.80 Å². The third kappa shape index (κ3) is 4.28. The summed E-state index contributed by atoms with van der Waals surface area (Å²) in [5, 5.41) is 9.65. The molecule has 0 bridgehead atoms. The number of phenolic OH excluding ortho intramolecular Hbond substituents is 1. The summed E-state index contributed by atoms with van der Waals surface area (Å²) >= 11 is 0. The minimum Gasteiger partial charge on any atom is -0.508 e. The van der Waals surface area contributed by atoms with Crippen LogP contribution in [0.15, 0.2) is 48.5 Å². The Morgan fingerprint density at radius 1 is 0.808 bits per heavy atom. The quantitative estimate of drug-likeness (QED) is 0.879. The summed E-state index contributed by atoms with van der Waals surface area (Å²) in [4.78, 5) is 5.32. The van der Waals surface area contributed by atoms with Crippen LogP contribution in [0.3, 0.4) is 0 Å². The van der Waals surface area contributed by atoms with Crippen LogP contribution in [-0.4, -0.2) is 47.1 Å². The van der Waals surface area contributed by atoms with Crippen molar-refractivity contribution in [1.29, 1.82) is 0 Å². The highest BCUT2D eigenvalue weighted by Crippen LogP contribution is 2.25. The molecule has 1 aliphatic heterocycles. The average Bonchev–Trinajstić information content (AvgIpc) is 2.70. The van der Waals surface area contributed by atoms with Gasteiger partial charge in [0.2, 0.25) is 0 Å². The van der Waals surface area contributed by atoms with Gasteiger partial charge in [0.05, 0.1) is 0 Å². The molecule has 1 saturated heterocycles. The van der Waals surface area contributed by atoms with Gasteiger partial charge in [0.1, 0.15) is 5.75 Å². The normalized spacial score (nSPS) is 20.3. The topological polar surface area (TPSA) is 26.7 Å². The molecular formula is C23H30N2O. The van der Waals surface area contributed by atoms with E-state index in [0.29, 0.717) is 5.75 Å². The standard InChI is InChI=1S/C23H30N2O/c26-23-8-4-5-21(17-23)20-11-9-19(10-12-20)18-24-13-15-25(16-14-24)22-6-2-1-3-7-22/h4-5,8-12,17,22,26H,1-3,6-7,13-16,18H2. The highest BCUT2D eigenvalue weighted by Gasteiger charge is 2.24. The molecule has 0 unspecified atom stereocenters. The van der Waals surface area contributed by atoms with Crippen molar-refractivity contribution in [3.05, 3.63) is 54.1 Å². The first-order chi connectivity index (χ1) is 12.8. The van der Waals surface area contributed by atoms with E-state index in [4.69, 9.17) is 0 Å². The molecule has 26 heavy (non-hydrogen) atoms. The number of nitrogens with zero attached hydrogens (tertiary/aromatic N) is 2. The Hall–Kier alpha value is -1.84. The first kappa shape index (κ1) is 17.6. The summed E-state index contributed by atoms with van der Waals surface area (Å²) in [6.45, 7) is 5.87. The van der Waals surface area contributed by atoms with Crippen molar-refractivity contribution in [2.75, 3.05) is 26.2 Å². The fourth-order valence-electron chi connectivity index (χ4n) is 4.48. The maximum Gasteiger partial charge on any atom is 0.116 e. The largest absolute Gasteiger partial charge is 0.508 e. The van der Waals surface area contributed by atoms with Gasteiger partial charge in [-0.1, -0.05) is 55.7 Å². The van der Waals surface area contributed by atoms with Crippen molar-refractivity contribution in [2.24, 2.45) is 0 Å². The van der Waals surface area contributed by atoms with Crippen LogP contribution >= 0.6 is 0 Å². The second-order valence-electron chi connectivity index (χ2n) is 7.85. The van der Waals surface area contributed by atoms with Crippen molar-refractivity contribution in [3.8, 4) is 16.9 Å². The summed E-state index contributed by atoms with van der Waals surface area (Å²) in [6, 6.07) is 17.1. The van der Waals surface area contributed by atoms with E-state index in [0.717, 1.165) is 23.7 Å². The molecule has 2 aromatic rings. The number of hydrogen-bond donors (Lipinski definition) is 1. The van der Waals surface area contributed by atoms with Crippen LogP contribution in [0.4, 0.5) is 0 Å². The van der Waals surface area contributed by atoms with E-state index in [2.05, 4.69) is 34.1 Å². The predicted molar refractivity (Wildman–Crippen MR) is 107 cm³/mol. The lowest BCUT2D eigenvalue weighted by Gasteiger charge is -2.40. The zero-order chi connectivity index (χ0) is 17.8. The fraction of sp³-hybridized carbons (Fsp3) is 0.478. The molecule has 138 valence electrons. The van der Waals surface area contributed by atoms with Gasteiger partial charge in [0, 0.05) is 38.8 Å². The van der Waals surface area contributed by atoms with Gasteiger partial charge >= 0.3 is 0 Å². The molecule has 2 aliphatic rings. The molecular weight excluding hydrogens is 320 g/mol. The van der Waals surface area contributed by atoms with E-state index in [1.54, 1.807) is 6.07 Å². The van der Waals surface area contributed by atoms with Crippen LogP contribution in [0.5, 0.6) is 5.75 Å². The predicted octanol–water partition coefficient (Wildman–Crippen LogP) is 4.51. The van der Waals surface area contributed by atoms with Gasteiger partial charge in [0.25, 0.3) is 0 Å². The molecule has 1 aliphatic carbocycles. The Bertz CT molecular complexity index is 698.